The van der Waals surface area contributed by atoms with Gasteiger partial charge in [0.25, 0.3) is 0 Å². The van der Waals surface area contributed by atoms with Crippen molar-refractivity contribution in [2.24, 2.45) is 5.92 Å². The highest BCUT2D eigenvalue weighted by Gasteiger charge is 2.30. The lowest BCUT2D eigenvalue weighted by Crippen LogP contribution is -2.35. The largest absolute Gasteiger partial charge is 0.508 e. The lowest BCUT2D eigenvalue weighted by atomic mass is 9.90. The van der Waals surface area contributed by atoms with Crippen LogP contribution in [0, 0.1) is 5.92 Å². The van der Waals surface area contributed by atoms with E-state index >= 15 is 0 Å². The maximum atomic E-state index is 12.5. The van der Waals surface area contributed by atoms with Crippen molar-refractivity contribution < 1.29 is 28.9 Å². The van der Waals surface area contributed by atoms with Gasteiger partial charge in [-0.05, 0) is 155 Å². The lowest BCUT2D eigenvalue weighted by Gasteiger charge is -2.24. The number of fused-ring (bicyclic) bond motifs is 2. The van der Waals surface area contributed by atoms with E-state index in [9.17, 15) is 14.7 Å². The number of rotatable bonds is 5. The molecule has 2 aliphatic heterocycles. The van der Waals surface area contributed by atoms with Gasteiger partial charge in [-0.1, -0.05) is 55.7 Å². The van der Waals surface area contributed by atoms with Gasteiger partial charge in [-0.15, -0.1) is 0 Å². The zero-order chi connectivity index (χ0) is 37.8. The molecule has 0 unspecified atom stereocenters. The molecule has 0 atom stereocenters. The second-order valence-corrected chi connectivity index (χ2v) is 16.3. The minimum absolute atomic E-state index is 0.256. The second-order valence-electron chi connectivity index (χ2n) is 16.3. The van der Waals surface area contributed by atoms with Crippen molar-refractivity contribution in [3.63, 3.8) is 0 Å². The monoisotopic (exact) mass is 718 g/mol. The van der Waals surface area contributed by atoms with E-state index in [4.69, 9.17) is 14.2 Å². The van der Waals surface area contributed by atoms with Crippen LogP contribution in [0.1, 0.15) is 84.8 Å². The van der Waals surface area contributed by atoms with Crippen LogP contribution in [0.5, 0.6) is 11.5 Å². The lowest BCUT2D eigenvalue weighted by molar-refractivity contribution is 0.0573. The Bertz CT molecular complexity index is 1880. The Kier molecular flexibility index (Phi) is 11.4. The smallest absolute Gasteiger partial charge is 0.414 e. The summed E-state index contributed by atoms with van der Waals surface area (Å²) in [4.78, 5) is 28.2. The first-order valence-corrected chi connectivity index (χ1v) is 19.0. The molecule has 4 aromatic rings. The Morgan fingerprint density at radius 2 is 1.06 bits per heavy atom. The third-order valence-corrected chi connectivity index (χ3v) is 9.78. The van der Waals surface area contributed by atoms with Crippen molar-refractivity contribution in [1.29, 1.82) is 0 Å². The Morgan fingerprint density at radius 3 is 1.51 bits per heavy atom. The van der Waals surface area contributed by atoms with Crippen LogP contribution in [0.25, 0.3) is 22.3 Å². The van der Waals surface area contributed by atoms with Crippen LogP contribution < -0.4 is 14.5 Å². The molecule has 280 valence electrons. The highest BCUT2D eigenvalue weighted by molar-refractivity contribution is 5.92. The second kappa shape index (κ2) is 15.9. The van der Waals surface area contributed by atoms with Gasteiger partial charge in [0, 0.05) is 13.1 Å². The standard InChI is InChI=1S/C26H33NO3.C19H21NO3/c1-26(2,3)30-25(28)27-16-15-22-17-21(11-14-24(22)27)20-9-12-23(13-10-20)29-18-19-7-5-4-6-8-19;1-19(2,3)23-18(22)20-11-10-15-12-14(6-9-17(15)20)13-4-7-16(21)8-5-13/h9-14,17,19H,4-8,15-16,18H2,1-3H3;4-9,12,21H,10-11H2,1-3H3. The molecule has 8 nitrogen and oxygen atoms in total. The molecule has 2 heterocycles. The number of benzene rings is 4. The zero-order valence-electron chi connectivity index (χ0n) is 32.1. The molecule has 0 bridgehead atoms. The normalized spacial score (nSPS) is 15.6. The molecule has 3 aliphatic rings. The molecule has 1 aliphatic carbocycles. The van der Waals surface area contributed by atoms with E-state index in [0.29, 0.717) is 19.0 Å². The minimum atomic E-state index is -0.494. The Labute approximate surface area is 314 Å². The first-order valence-electron chi connectivity index (χ1n) is 19.0. The van der Waals surface area contributed by atoms with Gasteiger partial charge in [-0.3, -0.25) is 9.80 Å². The maximum Gasteiger partial charge on any atom is 0.414 e. The minimum Gasteiger partial charge on any atom is -0.508 e. The zero-order valence-corrected chi connectivity index (χ0v) is 32.1. The number of ether oxygens (including phenoxy) is 3. The number of aromatic hydroxyl groups is 1. The summed E-state index contributed by atoms with van der Waals surface area (Å²) in [5.74, 6) is 1.91. The predicted molar refractivity (Wildman–Crippen MR) is 212 cm³/mol. The Hall–Kier alpha value is -4.98. The van der Waals surface area contributed by atoms with Crippen LogP contribution in [-0.4, -0.2) is 48.2 Å². The molecular weight excluding hydrogens is 665 g/mol. The summed E-state index contributed by atoms with van der Waals surface area (Å²) < 4.78 is 17.0. The summed E-state index contributed by atoms with van der Waals surface area (Å²) in [6.07, 6.45) is 7.77. The topological polar surface area (TPSA) is 88.5 Å². The molecule has 2 amide bonds. The van der Waals surface area contributed by atoms with Crippen LogP contribution in [0.2, 0.25) is 0 Å². The van der Waals surface area contributed by atoms with Crippen molar-refractivity contribution in [2.75, 3.05) is 29.5 Å². The number of hydrogen-bond acceptors (Lipinski definition) is 6. The molecule has 1 saturated carbocycles. The van der Waals surface area contributed by atoms with E-state index in [-0.39, 0.29) is 17.9 Å². The summed E-state index contributed by atoms with van der Waals surface area (Å²) in [6.45, 7) is 13.4. The first kappa shape index (κ1) is 37.8. The molecule has 0 saturated heterocycles. The van der Waals surface area contributed by atoms with Crippen molar-refractivity contribution in [3.05, 3.63) is 96.1 Å². The van der Waals surface area contributed by atoms with Gasteiger partial charge in [0.1, 0.15) is 22.7 Å². The number of carbonyl (C=O) groups is 2. The summed E-state index contributed by atoms with van der Waals surface area (Å²) in [5, 5.41) is 9.39. The van der Waals surface area contributed by atoms with Crippen LogP contribution >= 0.6 is 0 Å². The number of nitrogens with zero attached hydrogens (tertiary/aromatic N) is 2. The molecular formula is C45H54N2O6. The Morgan fingerprint density at radius 1 is 0.623 bits per heavy atom. The highest BCUT2D eigenvalue weighted by Crippen LogP contribution is 2.35. The van der Waals surface area contributed by atoms with Gasteiger partial charge in [-0.2, -0.15) is 0 Å². The summed E-state index contributed by atoms with van der Waals surface area (Å²) in [6, 6.07) is 27.9. The van der Waals surface area contributed by atoms with E-state index in [1.54, 1.807) is 21.9 Å². The van der Waals surface area contributed by atoms with Crippen molar-refractivity contribution in [3.8, 4) is 33.8 Å². The molecule has 0 radical (unpaired) electrons. The summed E-state index contributed by atoms with van der Waals surface area (Å²) >= 11 is 0. The fraction of sp³-hybridized carbons (Fsp3) is 0.422. The van der Waals surface area contributed by atoms with Gasteiger partial charge in [0.2, 0.25) is 0 Å². The number of phenolic OH excluding ortho intramolecular Hbond substituents is 1. The van der Waals surface area contributed by atoms with Crippen LogP contribution in [0.3, 0.4) is 0 Å². The van der Waals surface area contributed by atoms with Crippen LogP contribution in [-0.2, 0) is 22.3 Å². The van der Waals surface area contributed by atoms with E-state index in [2.05, 4.69) is 42.5 Å². The molecule has 7 rings (SSSR count). The molecule has 53 heavy (non-hydrogen) atoms. The van der Waals surface area contributed by atoms with Crippen LogP contribution in [0.4, 0.5) is 21.0 Å². The van der Waals surface area contributed by atoms with E-state index in [1.165, 1.54) is 48.8 Å². The number of carbonyl (C=O) groups excluding carboxylic acids is 2. The molecule has 0 aromatic heterocycles. The number of hydrogen-bond donors (Lipinski definition) is 1. The fourth-order valence-corrected chi connectivity index (χ4v) is 7.14. The third-order valence-electron chi connectivity index (χ3n) is 9.78. The van der Waals surface area contributed by atoms with Crippen molar-refractivity contribution in [2.45, 2.75) is 97.7 Å². The molecule has 8 heteroatoms. The maximum absolute atomic E-state index is 12.5. The average molecular weight is 719 g/mol. The average Bonchev–Trinajstić information content (AvgIpc) is 3.75. The van der Waals surface area contributed by atoms with E-state index in [0.717, 1.165) is 53.3 Å². The van der Waals surface area contributed by atoms with Gasteiger partial charge in [0.15, 0.2) is 0 Å². The number of anilines is 2. The summed E-state index contributed by atoms with van der Waals surface area (Å²) in [7, 11) is 0. The molecule has 1 fully saturated rings. The molecule has 0 spiro atoms. The highest BCUT2D eigenvalue weighted by atomic mass is 16.6. The molecule has 4 aromatic carbocycles. The van der Waals surface area contributed by atoms with E-state index in [1.807, 2.05) is 71.9 Å². The number of phenols is 1. The summed E-state index contributed by atoms with van der Waals surface area (Å²) in [5.41, 5.74) is 7.68. The van der Waals surface area contributed by atoms with Crippen molar-refractivity contribution in [1.82, 2.24) is 0 Å². The van der Waals surface area contributed by atoms with Gasteiger partial charge in [-0.25, -0.2) is 9.59 Å². The van der Waals surface area contributed by atoms with Crippen LogP contribution in [0.15, 0.2) is 84.9 Å². The fourth-order valence-electron chi connectivity index (χ4n) is 7.14. The van der Waals surface area contributed by atoms with Gasteiger partial charge < -0.3 is 19.3 Å². The molecule has 1 N–H and O–H groups in total. The quantitative estimate of drug-likeness (QED) is 0.221. The first-order chi connectivity index (χ1) is 25.2. The SMILES string of the molecule is CC(C)(C)OC(=O)N1CCc2cc(-c3ccc(O)cc3)ccc21.CC(C)(C)OC(=O)N1CCc2cc(-c3ccc(OCC4CCCCC4)cc3)ccc21. The predicted octanol–water partition coefficient (Wildman–Crippen LogP) is 11.0. The number of amides is 2. The van der Waals surface area contributed by atoms with Gasteiger partial charge >= 0.3 is 12.2 Å². The Balaban J connectivity index is 0.000000188. The van der Waals surface area contributed by atoms with Gasteiger partial charge in [0.05, 0.1) is 18.0 Å². The van der Waals surface area contributed by atoms with Crippen molar-refractivity contribution >= 4 is 23.6 Å². The van der Waals surface area contributed by atoms with E-state index < -0.39 is 11.2 Å². The third kappa shape index (κ3) is 9.92.